The number of aromatic amines is 1. The molecule has 3 amide bonds. The minimum atomic E-state index is -3.97. The zero-order valence-electron chi connectivity index (χ0n) is 57.5. The summed E-state index contributed by atoms with van der Waals surface area (Å²) in [6.07, 6.45) is 4.28. The molecule has 0 bridgehead atoms. The smallest absolute Gasteiger partial charge is 0.437 e. The Morgan fingerprint density at radius 1 is 0.800 bits per heavy atom. The van der Waals surface area contributed by atoms with E-state index in [1.165, 1.54) is 24.5 Å². The lowest BCUT2D eigenvalue weighted by molar-refractivity contribution is -0.121. The van der Waals surface area contributed by atoms with Crippen molar-refractivity contribution in [3.63, 3.8) is 0 Å². The van der Waals surface area contributed by atoms with E-state index in [4.69, 9.17) is 24.2 Å². The predicted octanol–water partition coefficient (Wildman–Crippen LogP) is 8.12. The SMILES string of the molecule is Cc1nn(C(=O)OC(C)(C)C)c(Nc2ncnc3cc(OCCCN4CCN(C(=O)c5cnc(N6CCN(C[C@H]7CN(C(=O)OC(C)(C)C)[C@H](C)CN7CC(=O)N7CC(C)(C)c8[nH]c(=O)c(Cc9ccc(F)cc9)cc87)[C@H](C)C6)nc5)CC4)c(S(=O)(=O)C(C)(C)C)cc23)c1C. The van der Waals surface area contributed by atoms with Crippen LogP contribution in [0.1, 0.15) is 135 Å². The Labute approximate surface area is 555 Å². The second kappa shape index (κ2) is 27.2. The molecule has 95 heavy (non-hydrogen) atoms. The van der Waals surface area contributed by atoms with Crippen LogP contribution in [0.15, 0.2) is 70.9 Å². The number of carbonyl (C=O) groups excluding carboxylic acids is 4. The number of nitrogens with one attached hydrogen (secondary N) is 2. The molecule has 27 heteroatoms. The van der Waals surface area contributed by atoms with Crippen LogP contribution in [0, 0.1) is 19.7 Å². The van der Waals surface area contributed by atoms with Gasteiger partial charge < -0.3 is 44.1 Å². The summed E-state index contributed by atoms with van der Waals surface area (Å²) in [6.45, 7) is 34.1. The van der Waals surface area contributed by atoms with Crippen molar-refractivity contribution in [1.82, 2.24) is 59.2 Å². The lowest BCUT2D eigenvalue weighted by atomic mass is 9.91. The number of aryl methyl sites for hydroxylation is 1. The molecule has 3 atom stereocenters. The number of ether oxygens (including phenoxy) is 3. The number of nitrogens with zero attached hydrogens (tertiary/aromatic N) is 13. The topological polar surface area (TPSA) is 267 Å². The molecule has 2 aromatic carbocycles. The van der Waals surface area contributed by atoms with E-state index in [9.17, 15) is 36.8 Å². The number of pyridine rings is 1. The number of fused-ring (bicyclic) bond motifs is 2. The van der Waals surface area contributed by atoms with Gasteiger partial charge >= 0.3 is 12.2 Å². The number of piperazine rings is 3. The fourth-order valence-corrected chi connectivity index (χ4v) is 13.9. The molecule has 0 spiro atoms. The summed E-state index contributed by atoms with van der Waals surface area (Å²) in [6, 6.07) is 10.5. The zero-order chi connectivity index (χ0) is 68.9. The summed E-state index contributed by atoms with van der Waals surface area (Å²) >= 11 is 0. The molecule has 0 saturated carbocycles. The summed E-state index contributed by atoms with van der Waals surface area (Å²) in [5.41, 5.74) is 2.41. The van der Waals surface area contributed by atoms with Crippen LogP contribution in [0.3, 0.4) is 0 Å². The highest BCUT2D eigenvalue weighted by molar-refractivity contribution is 7.92. The van der Waals surface area contributed by atoms with E-state index in [1.54, 1.807) is 99.8 Å². The Hall–Kier alpha value is -8.14. The largest absolute Gasteiger partial charge is 0.492 e. The van der Waals surface area contributed by atoms with Crippen LogP contribution in [0.2, 0.25) is 0 Å². The van der Waals surface area contributed by atoms with Gasteiger partial charge in [-0.25, -0.2) is 42.3 Å². The van der Waals surface area contributed by atoms with Crippen molar-refractivity contribution in [3.05, 3.63) is 111 Å². The number of H-pyrrole nitrogens is 1. The molecule has 6 aromatic rings. The van der Waals surface area contributed by atoms with Crippen LogP contribution in [-0.4, -0.2) is 217 Å². The molecule has 512 valence electrons. The van der Waals surface area contributed by atoms with Crippen LogP contribution in [-0.2, 0) is 35.9 Å². The number of halogens is 1. The maximum Gasteiger partial charge on any atom is 0.437 e. The van der Waals surface area contributed by atoms with Crippen LogP contribution in [0.4, 0.5) is 37.3 Å². The molecule has 2 N–H and O–H groups in total. The molecule has 25 nitrogen and oxygen atoms in total. The average molecular weight is 1330 g/mol. The number of amides is 3. The molecule has 10 rings (SSSR count). The third-order valence-corrected chi connectivity index (χ3v) is 20.5. The standard InChI is InChI=1S/C68H92FN15O10S/c1-42-35-80(27-26-79(42)37-50-38-82(63(88)93-65(5,6)7)43(2)36-81(50)39-56(85)83-40-68(14,15)57-53(83)30-47(60(86)74-57)29-46-17-19-49(69)20-18-46)62-70-33-48(34-71-62)61(87)78-24-22-77(23-25-78)21-16-28-92-54-32-52-51(31-55(54)95(90,91)67(11,12)13)58(73-41-72-52)75-59-44(3)45(4)76-84(59)64(89)94-66(8,9)10/h17-20,30-34,41-43,50H,16,21-29,35-40H2,1-15H3,(H,74,86)(H,72,73,75)/t42-,43-,50+/m1/s1. The third kappa shape index (κ3) is 15.7. The second-order valence-corrected chi connectivity index (χ2v) is 31.9. The van der Waals surface area contributed by atoms with Crippen molar-refractivity contribution >= 4 is 68.0 Å². The monoisotopic (exact) mass is 1330 g/mol. The first-order valence-electron chi connectivity index (χ1n) is 32.6. The third-order valence-electron chi connectivity index (χ3n) is 18.0. The van der Waals surface area contributed by atoms with E-state index < -0.39 is 43.4 Å². The Morgan fingerprint density at radius 2 is 1.47 bits per heavy atom. The van der Waals surface area contributed by atoms with Gasteiger partial charge in [-0.3, -0.25) is 29.1 Å². The first-order valence-corrected chi connectivity index (χ1v) is 34.1. The van der Waals surface area contributed by atoms with Crippen molar-refractivity contribution < 1.29 is 46.2 Å². The molecule has 8 heterocycles. The molecule has 0 radical (unpaired) electrons. The summed E-state index contributed by atoms with van der Waals surface area (Å²) in [4.78, 5) is 105. The summed E-state index contributed by atoms with van der Waals surface area (Å²) in [5, 5.41) is 8.02. The highest BCUT2D eigenvalue weighted by atomic mass is 32.2. The average Bonchev–Trinajstić information content (AvgIpc) is 1.74. The molecule has 4 aliphatic heterocycles. The normalized spacial score (nSPS) is 19.3. The van der Waals surface area contributed by atoms with Crippen LogP contribution >= 0.6 is 0 Å². The summed E-state index contributed by atoms with van der Waals surface area (Å²) in [5.74, 6) is 0.611. The van der Waals surface area contributed by atoms with Gasteiger partial charge in [0, 0.05) is 149 Å². The van der Waals surface area contributed by atoms with Gasteiger partial charge in [0.2, 0.25) is 11.9 Å². The van der Waals surface area contributed by atoms with Crippen LogP contribution < -0.4 is 25.4 Å². The van der Waals surface area contributed by atoms with Gasteiger partial charge in [0.05, 0.1) is 40.4 Å². The first-order chi connectivity index (χ1) is 44.5. The molecule has 4 aliphatic rings. The maximum absolute atomic E-state index is 14.7. The lowest BCUT2D eigenvalue weighted by Crippen LogP contribution is -2.65. The number of benzene rings is 2. The van der Waals surface area contributed by atoms with Gasteiger partial charge in [0.1, 0.15) is 45.6 Å². The highest BCUT2D eigenvalue weighted by Gasteiger charge is 2.44. The fourth-order valence-electron chi connectivity index (χ4n) is 12.6. The molecule has 3 saturated heterocycles. The minimum absolute atomic E-state index is 0.0187. The molecule has 4 aromatic heterocycles. The molecule has 3 fully saturated rings. The predicted molar refractivity (Wildman–Crippen MR) is 360 cm³/mol. The number of carbonyl (C=O) groups is 4. The Kier molecular flexibility index (Phi) is 19.9. The van der Waals surface area contributed by atoms with E-state index in [0.717, 1.165) is 10.2 Å². The molecular weight excluding hydrogens is 1240 g/mol. The maximum atomic E-state index is 14.7. The lowest BCUT2D eigenvalue weighted by Gasteiger charge is -2.48. The van der Waals surface area contributed by atoms with Crippen LogP contribution in [0.25, 0.3) is 10.9 Å². The van der Waals surface area contributed by atoms with Gasteiger partial charge in [-0.1, -0.05) is 26.0 Å². The van der Waals surface area contributed by atoms with E-state index in [1.807, 2.05) is 48.5 Å². The summed E-state index contributed by atoms with van der Waals surface area (Å²) < 4.78 is 60.0. The molecular formula is C68H92FN15O10S. The van der Waals surface area contributed by atoms with Crippen molar-refractivity contribution in [2.75, 3.05) is 107 Å². The van der Waals surface area contributed by atoms with Gasteiger partial charge in [-0.05, 0) is 126 Å². The van der Waals surface area contributed by atoms with Crippen LogP contribution in [0.5, 0.6) is 5.75 Å². The van der Waals surface area contributed by atoms with E-state index >= 15 is 0 Å². The fraction of sp³-hybridized carbons (Fsp3) is 0.559. The number of sulfone groups is 1. The van der Waals surface area contributed by atoms with Gasteiger partial charge in [0.25, 0.3) is 11.5 Å². The Bertz CT molecular complexity index is 4020. The number of aromatic nitrogens is 7. The zero-order valence-corrected chi connectivity index (χ0v) is 58.3. The second-order valence-electron chi connectivity index (χ2n) is 29.2. The number of hydrogen-bond donors (Lipinski definition) is 2. The quantitative estimate of drug-likeness (QED) is 0.0866. The molecule has 0 unspecified atom stereocenters. The Morgan fingerprint density at radius 3 is 2.13 bits per heavy atom. The number of rotatable bonds is 16. The van der Waals surface area contributed by atoms with E-state index in [0.29, 0.717) is 141 Å². The van der Waals surface area contributed by atoms with Crippen molar-refractivity contribution in [1.29, 1.82) is 0 Å². The highest BCUT2D eigenvalue weighted by Crippen LogP contribution is 2.41. The van der Waals surface area contributed by atoms with Gasteiger partial charge in [-0.15, -0.1) is 4.68 Å². The van der Waals surface area contributed by atoms with Gasteiger partial charge in [-0.2, -0.15) is 5.10 Å². The summed E-state index contributed by atoms with van der Waals surface area (Å²) in [7, 11) is -3.97. The number of hydrogen-bond acceptors (Lipinski definition) is 20. The van der Waals surface area contributed by atoms with E-state index in [-0.39, 0.29) is 77.4 Å². The van der Waals surface area contributed by atoms with Crippen molar-refractivity contribution in [2.24, 2.45) is 0 Å². The van der Waals surface area contributed by atoms with E-state index in [2.05, 4.69) is 51.9 Å². The van der Waals surface area contributed by atoms with Gasteiger partial charge in [0.15, 0.2) is 9.84 Å². The van der Waals surface area contributed by atoms with Crippen molar-refractivity contribution in [3.8, 4) is 5.75 Å². The molecule has 0 aliphatic carbocycles. The Balaban J connectivity index is 0.736. The number of anilines is 4. The van der Waals surface area contributed by atoms with Crippen molar-refractivity contribution in [2.45, 2.75) is 161 Å². The minimum Gasteiger partial charge on any atom is -0.492 e. The first kappa shape index (κ1) is 69.7.